The van der Waals surface area contributed by atoms with Gasteiger partial charge in [0, 0.05) is 17.6 Å². The summed E-state index contributed by atoms with van der Waals surface area (Å²) >= 11 is 1.75. The Bertz CT molecular complexity index is 654. The van der Waals surface area contributed by atoms with Gasteiger partial charge in [0.1, 0.15) is 16.9 Å². The number of ether oxygens (including phenoxy) is 1. The van der Waals surface area contributed by atoms with Crippen LogP contribution >= 0.6 is 11.3 Å². The molecule has 0 radical (unpaired) electrons. The Labute approximate surface area is 133 Å². The summed E-state index contributed by atoms with van der Waals surface area (Å²) < 4.78 is 6.23. The molecule has 4 rings (SSSR count). The van der Waals surface area contributed by atoms with E-state index >= 15 is 0 Å². The second-order valence-electron chi connectivity index (χ2n) is 6.34. The lowest BCUT2D eigenvalue weighted by molar-refractivity contribution is -0.0119. The number of nitrogens with one attached hydrogen (secondary N) is 1. The first-order chi connectivity index (χ1) is 10.7. The van der Waals surface area contributed by atoms with E-state index in [0.717, 1.165) is 43.4 Å². The lowest BCUT2D eigenvalue weighted by Crippen LogP contribution is -2.41. The minimum Gasteiger partial charge on any atom is -0.365 e. The summed E-state index contributed by atoms with van der Waals surface area (Å²) in [4.78, 5) is 11.5. The highest BCUT2D eigenvalue weighted by Crippen LogP contribution is 2.40. The van der Waals surface area contributed by atoms with Gasteiger partial charge in [0.05, 0.1) is 12.6 Å². The fraction of sp³-hybridized carbons (Fsp3) is 0.667. The number of likely N-dealkylation sites (tertiary alicyclic amines) is 1. The molecule has 0 spiro atoms. The van der Waals surface area contributed by atoms with E-state index in [2.05, 4.69) is 37.4 Å². The highest BCUT2D eigenvalue weighted by atomic mass is 32.1. The van der Waals surface area contributed by atoms with Crippen LogP contribution in [-0.2, 0) is 11.3 Å². The van der Waals surface area contributed by atoms with Gasteiger partial charge in [-0.1, -0.05) is 0 Å². The molecule has 6 nitrogen and oxygen atoms in total. The minimum atomic E-state index is 0.0574. The molecule has 2 saturated heterocycles. The SMILES string of the molecule is Cc1csc(CN2CC[C@H]3C[C@H](c4n[nH]c(C)n4)O[C@@H]3C2)n1. The molecule has 2 aliphatic rings. The van der Waals surface area contributed by atoms with Gasteiger partial charge in [-0.2, -0.15) is 5.10 Å². The zero-order valence-corrected chi connectivity index (χ0v) is 13.8. The third-order valence-electron chi connectivity index (χ3n) is 4.56. The summed E-state index contributed by atoms with van der Waals surface area (Å²) in [5.41, 5.74) is 1.12. The van der Waals surface area contributed by atoms with Crippen LogP contribution in [0.2, 0.25) is 0 Å². The Morgan fingerprint density at radius 2 is 2.32 bits per heavy atom. The first kappa shape index (κ1) is 14.3. The van der Waals surface area contributed by atoms with E-state index < -0.39 is 0 Å². The van der Waals surface area contributed by atoms with Crippen LogP contribution < -0.4 is 0 Å². The number of aryl methyl sites for hydroxylation is 2. The Hall–Kier alpha value is -1.31. The molecule has 0 aromatic carbocycles. The van der Waals surface area contributed by atoms with Gasteiger partial charge in [-0.05, 0) is 39.2 Å². The maximum Gasteiger partial charge on any atom is 0.179 e. The summed E-state index contributed by atoms with van der Waals surface area (Å²) in [6.07, 6.45) is 2.60. The van der Waals surface area contributed by atoms with Crippen molar-refractivity contribution in [2.24, 2.45) is 5.92 Å². The Morgan fingerprint density at radius 1 is 1.41 bits per heavy atom. The van der Waals surface area contributed by atoms with Crippen molar-refractivity contribution in [3.63, 3.8) is 0 Å². The van der Waals surface area contributed by atoms with Crippen molar-refractivity contribution < 1.29 is 4.74 Å². The predicted molar refractivity (Wildman–Crippen MR) is 83.6 cm³/mol. The number of hydrogen-bond acceptors (Lipinski definition) is 6. The first-order valence-corrected chi connectivity index (χ1v) is 8.73. The topological polar surface area (TPSA) is 66.9 Å². The lowest BCUT2D eigenvalue weighted by atomic mass is 9.92. The molecule has 2 aliphatic heterocycles. The average molecular weight is 319 g/mol. The molecule has 22 heavy (non-hydrogen) atoms. The number of aromatic nitrogens is 4. The molecule has 4 heterocycles. The van der Waals surface area contributed by atoms with E-state index in [4.69, 9.17) is 4.74 Å². The smallest absolute Gasteiger partial charge is 0.179 e. The van der Waals surface area contributed by atoms with Crippen molar-refractivity contribution in [3.05, 3.63) is 27.7 Å². The number of thiazole rings is 1. The van der Waals surface area contributed by atoms with Crippen LogP contribution in [0.1, 0.15) is 41.3 Å². The van der Waals surface area contributed by atoms with E-state index in [1.54, 1.807) is 11.3 Å². The second kappa shape index (κ2) is 5.72. The van der Waals surface area contributed by atoms with Gasteiger partial charge in [-0.15, -0.1) is 11.3 Å². The van der Waals surface area contributed by atoms with Crippen molar-refractivity contribution in [3.8, 4) is 0 Å². The third kappa shape index (κ3) is 2.80. The molecular weight excluding hydrogens is 298 g/mol. The van der Waals surface area contributed by atoms with E-state index in [1.807, 2.05) is 6.92 Å². The quantitative estimate of drug-likeness (QED) is 0.939. The van der Waals surface area contributed by atoms with E-state index in [1.165, 1.54) is 11.4 Å². The number of rotatable bonds is 3. The lowest BCUT2D eigenvalue weighted by Gasteiger charge is -2.33. The van der Waals surface area contributed by atoms with Crippen LogP contribution in [0.5, 0.6) is 0 Å². The molecule has 2 aromatic rings. The van der Waals surface area contributed by atoms with Crippen molar-refractivity contribution >= 4 is 11.3 Å². The molecule has 3 atom stereocenters. The maximum atomic E-state index is 6.23. The summed E-state index contributed by atoms with van der Waals surface area (Å²) in [5, 5.41) is 10.5. The Balaban J connectivity index is 1.39. The van der Waals surface area contributed by atoms with Crippen molar-refractivity contribution in [1.29, 1.82) is 0 Å². The summed E-state index contributed by atoms with van der Waals surface area (Å²) in [5.74, 6) is 2.31. The normalized spacial score (nSPS) is 28.9. The second-order valence-corrected chi connectivity index (χ2v) is 7.29. The third-order valence-corrected chi connectivity index (χ3v) is 5.52. The van der Waals surface area contributed by atoms with Crippen LogP contribution in [0.15, 0.2) is 5.38 Å². The zero-order chi connectivity index (χ0) is 15.1. The van der Waals surface area contributed by atoms with E-state index in [0.29, 0.717) is 12.0 Å². The van der Waals surface area contributed by atoms with Crippen LogP contribution in [0.3, 0.4) is 0 Å². The molecule has 0 unspecified atom stereocenters. The van der Waals surface area contributed by atoms with Gasteiger partial charge in [0.2, 0.25) is 0 Å². The van der Waals surface area contributed by atoms with Crippen LogP contribution in [0.25, 0.3) is 0 Å². The van der Waals surface area contributed by atoms with Crippen molar-refractivity contribution in [2.75, 3.05) is 13.1 Å². The first-order valence-electron chi connectivity index (χ1n) is 7.85. The number of piperidine rings is 1. The van der Waals surface area contributed by atoms with Gasteiger partial charge in [-0.3, -0.25) is 10.00 Å². The largest absolute Gasteiger partial charge is 0.365 e. The number of nitrogens with zero attached hydrogens (tertiary/aromatic N) is 4. The highest BCUT2D eigenvalue weighted by molar-refractivity contribution is 7.09. The molecule has 0 bridgehead atoms. The summed E-state index contributed by atoms with van der Waals surface area (Å²) in [6.45, 7) is 7.04. The molecule has 1 N–H and O–H groups in total. The molecule has 118 valence electrons. The average Bonchev–Trinajstić information content (AvgIpc) is 3.18. The molecule has 2 aromatic heterocycles. The van der Waals surface area contributed by atoms with E-state index in [9.17, 15) is 0 Å². The number of aromatic amines is 1. The molecule has 2 fully saturated rings. The number of fused-ring (bicyclic) bond motifs is 1. The standard InChI is InChI=1S/C15H21N5OS/c1-9-8-22-14(16-9)7-20-4-3-11-5-12(21-13(11)6-20)15-17-10(2)18-19-15/h8,11-13H,3-7H2,1-2H3,(H,17,18,19)/t11-,12+,13+/m0/s1. The minimum absolute atomic E-state index is 0.0574. The van der Waals surface area contributed by atoms with Crippen LogP contribution in [-0.4, -0.2) is 44.3 Å². The van der Waals surface area contributed by atoms with Crippen LogP contribution in [0.4, 0.5) is 0 Å². The van der Waals surface area contributed by atoms with Gasteiger partial charge < -0.3 is 4.74 Å². The fourth-order valence-electron chi connectivity index (χ4n) is 3.47. The molecule has 0 amide bonds. The fourth-order valence-corrected chi connectivity index (χ4v) is 4.29. The molecule has 7 heteroatoms. The van der Waals surface area contributed by atoms with Gasteiger partial charge in [-0.25, -0.2) is 9.97 Å². The predicted octanol–water partition coefficient (Wildman–Crippen LogP) is 2.23. The highest BCUT2D eigenvalue weighted by Gasteiger charge is 2.41. The zero-order valence-electron chi connectivity index (χ0n) is 13.0. The summed E-state index contributed by atoms with van der Waals surface area (Å²) in [7, 11) is 0. The maximum absolute atomic E-state index is 6.23. The molecule has 0 saturated carbocycles. The van der Waals surface area contributed by atoms with Crippen LogP contribution in [0, 0.1) is 19.8 Å². The van der Waals surface area contributed by atoms with Gasteiger partial charge in [0.25, 0.3) is 0 Å². The van der Waals surface area contributed by atoms with Crippen molar-refractivity contribution in [1.82, 2.24) is 25.1 Å². The van der Waals surface area contributed by atoms with E-state index in [-0.39, 0.29) is 6.10 Å². The van der Waals surface area contributed by atoms with Crippen molar-refractivity contribution in [2.45, 2.75) is 45.4 Å². The number of hydrogen-bond donors (Lipinski definition) is 1. The Morgan fingerprint density at radius 3 is 3.05 bits per heavy atom. The van der Waals surface area contributed by atoms with Gasteiger partial charge >= 0.3 is 0 Å². The molecule has 0 aliphatic carbocycles. The number of H-pyrrole nitrogens is 1. The van der Waals surface area contributed by atoms with Gasteiger partial charge in [0.15, 0.2) is 5.82 Å². The monoisotopic (exact) mass is 319 g/mol. The Kier molecular flexibility index (Phi) is 3.71. The molecular formula is C15H21N5OS. The summed E-state index contributed by atoms with van der Waals surface area (Å²) in [6, 6.07) is 0.